The summed E-state index contributed by atoms with van der Waals surface area (Å²) in [6.07, 6.45) is -3.68. The Kier molecular flexibility index (Phi) is 7.98. The number of carbonyl (C=O) groups excluding carboxylic acids is 1. The maximum Gasteiger partial charge on any atom is 0.251 e. The van der Waals surface area contributed by atoms with Crippen LogP contribution in [-0.2, 0) is 20.8 Å². The van der Waals surface area contributed by atoms with Gasteiger partial charge < -0.3 is 35.1 Å². The van der Waals surface area contributed by atoms with Gasteiger partial charge in [-0.15, -0.1) is 0 Å². The minimum Gasteiger partial charge on any atom is -0.491 e. The van der Waals surface area contributed by atoms with Crippen molar-refractivity contribution in [1.82, 2.24) is 24.8 Å². The van der Waals surface area contributed by atoms with E-state index in [-0.39, 0.29) is 0 Å². The number of aromatic nitrogens is 4. The Labute approximate surface area is 224 Å². The van der Waals surface area contributed by atoms with Gasteiger partial charge in [0.15, 0.2) is 35.1 Å². The fourth-order valence-corrected chi connectivity index (χ4v) is 4.33. The van der Waals surface area contributed by atoms with E-state index in [1.54, 1.807) is 7.11 Å². The van der Waals surface area contributed by atoms with Crippen LogP contribution in [0.4, 0.5) is 5.82 Å². The third kappa shape index (κ3) is 5.54. The van der Waals surface area contributed by atoms with E-state index in [2.05, 4.69) is 15.6 Å². The molecule has 1 aliphatic heterocycles. The number of imidazole rings is 1. The number of hydrogen-bond donors (Lipinski definition) is 4. The third-order valence-electron chi connectivity index (χ3n) is 6.41. The molecule has 2 aromatic carbocycles. The number of amides is 1. The van der Waals surface area contributed by atoms with Gasteiger partial charge in [0.1, 0.15) is 24.6 Å². The number of anilines is 1. The molecule has 0 saturated carbocycles. The van der Waals surface area contributed by atoms with Gasteiger partial charge in [-0.05, 0) is 29.8 Å². The highest BCUT2D eigenvalue weighted by Gasteiger charge is 2.47. The van der Waals surface area contributed by atoms with E-state index in [0.29, 0.717) is 48.3 Å². The third-order valence-corrected chi connectivity index (χ3v) is 6.41. The molecule has 0 aliphatic carbocycles. The van der Waals surface area contributed by atoms with E-state index >= 15 is 0 Å². The first-order chi connectivity index (χ1) is 19.0. The van der Waals surface area contributed by atoms with E-state index in [0.717, 1.165) is 11.1 Å². The number of hydrogen-bond acceptors (Lipinski definition) is 10. The number of methoxy groups -OCH3 is 1. The molecule has 4 aromatic rings. The number of nitrogens with one attached hydrogen (secondary N) is 2. The van der Waals surface area contributed by atoms with Gasteiger partial charge in [0.2, 0.25) is 0 Å². The Hall–Kier alpha value is -4.10. The van der Waals surface area contributed by atoms with E-state index in [1.807, 2.05) is 54.6 Å². The number of carbonyl (C=O) groups is 1. The van der Waals surface area contributed by atoms with E-state index in [4.69, 9.17) is 24.2 Å². The quantitative estimate of drug-likeness (QED) is 0.220. The lowest BCUT2D eigenvalue weighted by molar-refractivity contribution is -0.137. The molecule has 0 spiro atoms. The van der Waals surface area contributed by atoms with Crippen molar-refractivity contribution < 1.29 is 29.2 Å². The van der Waals surface area contributed by atoms with Crippen molar-refractivity contribution in [1.29, 1.82) is 0 Å². The van der Waals surface area contributed by atoms with Crippen LogP contribution in [0.15, 0.2) is 60.9 Å². The van der Waals surface area contributed by atoms with Gasteiger partial charge >= 0.3 is 0 Å². The second-order valence-corrected chi connectivity index (χ2v) is 8.97. The van der Waals surface area contributed by atoms with E-state index in [9.17, 15) is 15.0 Å². The van der Waals surface area contributed by atoms with Crippen LogP contribution < -0.4 is 15.4 Å². The molecule has 1 saturated heterocycles. The Morgan fingerprint density at radius 2 is 1.82 bits per heavy atom. The molecule has 4 N–H and O–H groups in total. The molecule has 0 bridgehead atoms. The van der Waals surface area contributed by atoms with Crippen LogP contribution in [0, 0.1) is 0 Å². The highest BCUT2D eigenvalue weighted by molar-refractivity contribution is 5.85. The lowest BCUT2D eigenvalue weighted by atomic mass is 10.1. The minimum absolute atomic E-state index is 0.366. The van der Waals surface area contributed by atoms with Gasteiger partial charge in [0.05, 0.1) is 12.9 Å². The number of benzene rings is 2. The largest absolute Gasteiger partial charge is 0.491 e. The van der Waals surface area contributed by atoms with Gasteiger partial charge in [-0.25, -0.2) is 15.0 Å². The van der Waals surface area contributed by atoms with Crippen molar-refractivity contribution >= 4 is 22.9 Å². The Bertz CT molecular complexity index is 1410. The van der Waals surface area contributed by atoms with Gasteiger partial charge in [-0.1, -0.05) is 30.3 Å². The molecule has 1 aliphatic rings. The zero-order chi connectivity index (χ0) is 27.4. The van der Waals surface area contributed by atoms with Crippen molar-refractivity contribution in [3.8, 4) is 17.1 Å². The second kappa shape index (κ2) is 11.7. The van der Waals surface area contributed by atoms with Crippen LogP contribution >= 0.6 is 0 Å². The summed E-state index contributed by atoms with van der Waals surface area (Å²) >= 11 is 0. The van der Waals surface area contributed by atoms with Crippen LogP contribution in [-0.4, -0.2) is 81.3 Å². The van der Waals surface area contributed by atoms with E-state index in [1.165, 1.54) is 17.9 Å². The van der Waals surface area contributed by atoms with Gasteiger partial charge in [0.25, 0.3) is 5.91 Å². The number of nitrogens with zero attached hydrogens (tertiary/aromatic N) is 4. The first-order valence-corrected chi connectivity index (χ1v) is 12.5. The highest BCUT2D eigenvalue weighted by Crippen LogP contribution is 2.34. The maximum atomic E-state index is 12.2. The summed E-state index contributed by atoms with van der Waals surface area (Å²) in [7, 11) is 3.05. The predicted octanol–water partition coefficient (Wildman–Crippen LogP) is 1.50. The number of rotatable bonds is 10. The van der Waals surface area contributed by atoms with Crippen LogP contribution in [0.3, 0.4) is 0 Å². The van der Waals surface area contributed by atoms with Crippen molar-refractivity contribution in [3.63, 3.8) is 0 Å². The smallest absolute Gasteiger partial charge is 0.251 e. The molecule has 0 radical (unpaired) electrons. The molecule has 4 atom stereocenters. The van der Waals surface area contributed by atoms with Crippen LogP contribution in [0.25, 0.3) is 22.6 Å². The standard InChI is InChI=1S/C27H30N6O6/c1-28-26(36)22-20(34)21(35)27(39-22)33-15-30-19-24(29-14-16-6-4-3-5-7-16)31-23(32-25(19)33)17-8-10-18(11-9-17)38-13-12-37-2/h3-11,15,20-22,27,34-35H,12-14H2,1-2H3,(H,28,36)(H,29,31,32)/t20-,21+,22-,27+/m0/s1. The Morgan fingerprint density at radius 1 is 1.05 bits per heavy atom. The summed E-state index contributed by atoms with van der Waals surface area (Å²) in [6, 6.07) is 17.2. The molecule has 0 unspecified atom stereocenters. The second-order valence-electron chi connectivity index (χ2n) is 8.97. The Morgan fingerprint density at radius 3 is 2.54 bits per heavy atom. The van der Waals surface area contributed by atoms with Crippen molar-refractivity contribution in [3.05, 3.63) is 66.5 Å². The Balaban J connectivity index is 1.52. The topological polar surface area (TPSA) is 153 Å². The highest BCUT2D eigenvalue weighted by atomic mass is 16.6. The van der Waals surface area contributed by atoms with Gasteiger partial charge in [0, 0.05) is 26.3 Å². The molecule has 3 heterocycles. The molecular weight excluding hydrogens is 504 g/mol. The monoisotopic (exact) mass is 534 g/mol. The first-order valence-electron chi connectivity index (χ1n) is 12.5. The summed E-state index contributed by atoms with van der Waals surface area (Å²) in [5.41, 5.74) is 2.59. The molecular formula is C27H30N6O6. The number of ether oxygens (including phenoxy) is 3. The number of fused-ring (bicyclic) bond motifs is 1. The molecule has 39 heavy (non-hydrogen) atoms. The van der Waals surface area contributed by atoms with Gasteiger partial charge in [-0.3, -0.25) is 9.36 Å². The number of likely N-dealkylation sites (N-methyl/N-ethyl adjacent to an activating group) is 1. The zero-order valence-corrected chi connectivity index (χ0v) is 21.5. The normalized spacial score (nSPS) is 20.7. The van der Waals surface area contributed by atoms with Gasteiger partial charge in [-0.2, -0.15) is 0 Å². The first kappa shape index (κ1) is 26.5. The fourth-order valence-electron chi connectivity index (χ4n) is 4.33. The lowest BCUT2D eigenvalue weighted by Gasteiger charge is -2.17. The minimum atomic E-state index is -1.42. The van der Waals surface area contributed by atoms with Crippen LogP contribution in [0.1, 0.15) is 11.8 Å². The summed E-state index contributed by atoms with van der Waals surface area (Å²) < 4.78 is 18.0. The summed E-state index contributed by atoms with van der Waals surface area (Å²) in [5.74, 6) is 1.02. The SMILES string of the molecule is CNC(=O)[C@H]1O[C@@H](n2cnc3c(NCc4ccccc4)nc(-c4ccc(OCCOC)cc4)nc32)[C@H](O)[C@@H]1O. The van der Waals surface area contributed by atoms with Crippen LogP contribution in [0.2, 0.25) is 0 Å². The van der Waals surface area contributed by atoms with Crippen LogP contribution in [0.5, 0.6) is 5.75 Å². The summed E-state index contributed by atoms with van der Waals surface area (Å²) in [5, 5.41) is 27.0. The molecule has 5 rings (SSSR count). The average molecular weight is 535 g/mol. The van der Waals surface area contributed by atoms with Crippen molar-refractivity contribution in [2.45, 2.75) is 31.1 Å². The van der Waals surface area contributed by atoms with E-state index < -0.39 is 30.4 Å². The summed E-state index contributed by atoms with van der Waals surface area (Å²) in [4.78, 5) is 26.2. The molecule has 2 aromatic heterocycles. The molecule has 12 heteroatoms. The maximum absolute atomic E-state index is 12.2. The zero-order valence-electron chi connectivity index (χ0n) is 21.5. The summed E-state index contributed by atoms with van der Waals surface area (Å²) in [6.45, 7) is 1.40. The predicted molar refractivity (Wildman–Crippen MR) is 142 cm³/mol. The number of aliphatic hydroxyl groups excluding tert-OH is 2. The lowest BCUT2D eigenvalue weighted by Crippen LogP contribution is -2.41. The molecule has 12 nitrogen and oxygen atoms in total. The number of aliphatic hydroxyl groups is 2. The fraction of sp³-hybridized carbons (Fsp3) is 0.333. The molecule has 1 fully saturated rings. The average Bonchev–Trinajstić information content (AvgIpc) is 3.52. The molecule has 1 amide bonds. The molecule has 204 valence electrons. The van der Waals surface area contributed by atoms with Crippen molar-refractivity contribution in [2.24, 2.45) is 0 Å². The van der Waals surface area contributed by atoms with Crippen molar-refractivity contribution in [2.75, 3.05) is 32.7 Å².